The van der Waals surface area contributed by atoms with Gasteiger partial charge in [0, 0.05) is 53.7 Å². The van der Waals surface area contributed by atoms with Crippen LogP contribution in [-0.4, -0.2) is 86.0 Å². The minimum absolute atomic E-state index is 0.0302. The maximum atomic E-state index is 15.7. The van der Waals surface area contributed by atoms with Crippen molar-refractivity contribution in [3.63, 3.8) is 0 Å². The number of aromatic carboxylic acids is 1. The molecule has 3 aromatic rings. The molecule has 2 bridgehead atoms. The summed E-state index contributed by atoms with van der Waals surface area (Å²) in [6.07, 6.45) is 4.45. The normalized spacial score (nSPS) is 24.4. The highest BCUT2D eigenvalue weighted by atomic mass is 35.5. The lowest BCUT2D eigenvalue weighted by Gasteiger charge is -2.64. The molecular formula is C37H36Cl2FN3O7. The highest BCUT2D eigenvalue weighted by Crippen LogP contribution is 2.58. The highest BCUT2D eigenvalue weighted by molar-refractivity contribution is 6.40. The van der Waals surface area contributed by atoms with Crippen LogP contribution in [0.2, 0.25) is 10.0 Å². The first-order valence-corrected chi connectivity index (χ1v) is 17.9. The van der Waals surface area contributed by atoms with Gasteiger partial charge in [-0.05, 0) is 43.5 Å². The Morgan fingerprint density at radius 2 is 1.64 bits per heavy atom. The van der Waals surface area contributed by atoms with Gasteiger partial charge in [-0.25, -0.2) is 9.18 Å². The van der Waals surface area contributed by atoms with E-state index in [1.807, 2.05) is 6.07 Å². The molecule has 5 heterocycles. The number of halogens is 3. The average molecular weight is 725 g/mol. The van der Waals surface area contributed by atoms with Gasteiger partial charge in [0.1, 0.15) is 11.6 Å². The van der Waals surface area contributed by atoms with E-state index in [1.165, 1.54) is 4.90 Å². The minimum Gasteiger partial charge on any atom is -0.478 e. The second-order valence-corrected chi connectivity index (χ2v) is 15.3. The van der Waals surface area contributed by atoms with E-state index < -0.39 is 17.6 Å². The van der Waals surface area contributed by atoms with Gasteiger partial charge >= 0.3 is 5.97 Å². The van der Waals surface area contributed by atoms with Gasteiger partial charge in [-0.2, -0.15) is 0 Å². The number of fused-ring (bicyclic) bond motifs is 3. The Morgan fingerprint density at radius 1 is 0.940 bits per heavy atom. The summed E-state index contributed by atoms with van der Waals surface area (Å²) in [5.41, 5.74) is 3.00. The molecule has 6 aliphatic rings. The number of benzene rings is 3. The quantitative estimate of drug-likeness (QED) is 0.313. The third kappa shape index (κ3) is 5.23. The largest absolute Gasteiger partial charge is 0.478 e. The van der Waals surface area contributed by atoms with E-state index in [0.717, 1.165) is 70.2 Å². The Labute approximate surface area is 298 Å². The molecule has 13 heteroatoms. The maximum absolute atomic E-state index is 15.7. The summed E-state index contributed by atoms with van der Waals surface area (Å²) in [5, 5.41) is 10.5. The molecule has 2 unspecified atom stereocenters. The van der Waals surface area contributed by atoms with Gasteiger partial charge < -0.3 is 38.8 Å². The number of carboxylic acids is 1. The first-order chi connectivity index (χ1) is 24.1. The number of carbonyl (C=O) groups is 2. The molecule has 2 spiro atoms. The van der Waals surface area contributed by atoms with Crippen molar-refractivity contribution >= 4 is 46.5 Å². The molecule has 50 heavy (non-hydrogen) atoms. The number of carbonyl (C=O) groups excluding carboxylic acids is 1. The molecule has 1 aliphatic carbocycles. The summed E-state index contributed by atoms with van der Waals surface area (Å²) >= 11 is 13.5. The molecule has 4 saturated heterocycles. The molecule has 9 rings (SSSR count). The van der Waals surface area contributed by atoms with E-state index in [4.69, 9.17) is 42.1 Å². The van der Waals surface area contributed by atoms with Crippen molar-refractivity contribution in [3.05, 3.63) is 75.0 Å². The number of para-hydroxylation sites is 1. The van der Waals surface area contributed by atoms with E-state index in [1.54, 1.807) is 30.3 Å². The number of rotatable bonds is 5. The third-order valence-electron chi connectivity index (χ3n) is 11.2. The summed E-state index contributed by atoms with van der Waals surface area (Å²) in [7, 11) is 0. The van der Waals surface area contributed by atoms with Gasteiger partial charge in [0.05, 0.1) is 71.9 Å². The average Bonchev–Trinajstić information content (AvgIpc) is 3.32. The fraction of sp³-hybridized carbons (Fsp3) is 0.459. The Bertz CT molecular complexity index is 1860. The number of hydrogen-bond acceptors (Lipinski definition) is 8. The molecule has 3 aromatic carbocycles. The number of hydrogen-bond donors (Lipinski definition) is 1. The number of nitrogens with zero attached hydrogens (tertiary/aromatic N) is 3. The van der Waals surface area contributed by atoms with Crippen molar-refractivity contribution < 1.29 is 38.0 Å². The maximum Gasteiger partial charge on any atom is 0.337 e. The van der Waals surface area contributed by atoms with Gasteiger partial charge in [-0.3, -0.25) is 4.79 Å². The van der Waals surface area contributed by atoms with E-state index in [-0.39, 0.29) is 63.4 Å². The summed E-state index contributed by atoms with van der Waals surface area (Å²) in [4.78, 5) is 31.9. The first-order valence-electron chi connectivity index (χ1n) is 17.1. The summed E-state index contributed by atoms with van der Waals surface area (Å²) in [6.45, 7) is 4.25. The number of ether oxygens (including phenoxy) is 4. The zero-order valence-corrected chi connectivity index (χ0v) is 28.8. The van der Waals surface area contributed by atoms with Crippen molar-refractivity contribution in [1.29, 1.82) is 0 Å². The van der Waals surface area contributed by atoms with E-state index in [0.29, 0.717) is 35.8 Å². The van der Waals surface area contributed by atoms with Crippen LogP contribution >= 0.6 is 23.2 Å². The van der Waals surface area contributed by atoms with Gasteiger partial charge in [-0.1, -0.05) is 41.4 Å². The van der Waals surface area contributed by atoms with Gasteiger partial charge in [-0.15, -0.1) is 0 Å². The first kappa shape index (κ1) is 32.3. The van der Waals surface area contributed by atoms with Crippen LogP contribution in [0.5, 0.6) is 5.75 Å². The van der Waals surface area contributed by atoms with Crippen LogP contribution < -0.4 is 14.5 Å². The van der Waals surface area contributed by atoms with Crippen LogP contribution in [0.4, 0.5) is 15.8 Å². The molecular weight excluding hydrogens is 688 g/mol. The predicted octanol–water partition coefficient (Wildman–Crippen LogP) is 6.59. The third-order valence-corrected chi connectivity index (χ3v) is 11.8. The van der Waals surface area contributed by atoms with Gasteiger partial charge in [0.25, 0.3) is 5.91 Å². The lowest BCUT2D eigenvalue weighted by molar-refractivity contribution is -0.343. The van der Waals surface area contributed by atoms with Crippen LogP contribution in [0.25, 0.3) is 11.1 Å². The molecule has 2 atom stereocenters. The lowest BCUT2D eigenvalue weighted by Crippen LogP contribution is -2.70. The molecule has 5 aliphatic heterocycles. The Kier molecular flexibility index (Phi) is 7.74. The zero-order chi connectivity index (χ0) is 34.4. The van der Waals surface area contributed by atoms with Crippen molar-refractivity contribution in [2.75, 3.05) is 56.0 Å². The molecule has 262 valence electrons. The Morgan fingerprint density at radius 3 is 2.32 bits per heavy atom. The summed E-state index contributed by atoms with van der Waals surface area (Å²) < 4.78 is 39.5. The Hall–Kier alpha value is -3.61. The number of carboxylic acid groups (broad SMARTS) is 1. The van der Waals surface area contributed by atoms with E-state index >= 15 is 4.39 Å². The fourth-order valence-electron chi connectivity index (χ4n) is 8.98. The minimum atomic E-state index is -1.19. The van der Waals surface area contributed by atoms with Crippen molar-refractivity contribution in [2.45, 2.75) is 56.5 Å². The van der Waals surface area contributed by atoms with E-state index in [2.05, 4.69) is 9.80 Å². The monoisotopic (exact) mass is 723 g/mol. The Balaban J connectivity index is 0.938. The van der Waals surface area contributed by atoms with Crippen LogP contribution in [0.1, 0.15) is 58.4 Å². The molecule has 1 N–H and O–H groups in total. The van der Waals surface area contributed by atoms with Gasteiger partial charge in [0.2, 0.25) is 0 Å². The van der Waals surface area contributed by atoms with Crippen molar-refractivity contribution in [2.24, 2.45) is 5.41 Å². The van der Waals surface area contributed by atoms with Crippen LogP contribution in [-0.2, 0) is 20.8 Å². The van der Waals surface area contributed by atoms with Crippen LogP contribution in [0, 0.1) is 11.2 Å². The van der Waals surface area contributed by atoms with Gasteiger partial charge in [0.15, 0.2) is 12.5 Å². The van der Waals surface area contributed by atoms with E-state index in [9.17, 15) is 14.7 Å². The second-order valence-electron chi connectivity index (χ2n) is 14.5. The fourth-order valence-corrected chi connectivity index (χ4v) is 9.61. The topological polar surface area (TPSA) is 101 Å². The zero-order valence-electron chi connectivity index (χ0n) is 27.3. The predicted molar refractivity (Wildman–Crippen MR) is 184 cm³/mol. The van der Waals surface area contributed by atoms with Crippen LogP contribution in [0.15, 0.2) is 42.5 Å². The standard InChI is InChI=1S/C37H36Cl2FN3O7/c38-28-9-24(42-18-36(19-42)16-37(17-36)49-7-2-8-50-37)10-29(39)32(28)34(44)41-13-21-3-1-4-25(33(21)48-20-41)26-12-31(27(35(45)46)11-30(26)40)43-22-5-6-23(43)15-47-14-22/h1,3-4,9-12,22-23H,2,5-8,13-20H2,(H,45,46). The molecule has 0 aromatic heterocycles. The molecule has 10 nitrogen and oxygen atoms in total. The highest BCUT2D eigenvalue weighted by Gasteiger charge is 2.62. The second kappa shape index (κ2) is 12.0. The SMILES string of the molecule is O=C(O)c1cc(F)c(-c2cccc3c2OCN(C(=O)c2c(Cl)cc(N4CC5(C4)CC4(C5)OCCCO4)cc2Cl)C3)cc1N1C2CCC1COC2. The number of morpholine rings is 1. The molecule has 5 fully saturated rings. The lowest BCUT2D eigenvalue weighted by atomic mass is 9.59. The van der Waals surface area contributed by atoms with Crippen molar-refractivity contribution in [3.8, 4) is 16.9 Å². The molecule has 1 amide bonds. The number of anilines is 2. The smallest absolute Gasteiger partial charge is 0.337 e. The summed E-state index contributed by atoms with van der Waals surface area (Å²) in [5.74, 6) is -2.21. The van der Waals surface area contributed by atoms with Crippen LogP contribution in [0.3, 0.4) is 0 Å². The number of amides is 1. The molecule has 1 saturated carbocycles. The van der Waals surface area contributed by atoms with Crippen molar-refractivity contribution in [1.82, 2.24) is 4.90 Å². The molecule has 0 radical (unpaired) electrons. The summed E-state index contributed by atoms with van der Waals surface area (Å²) in [6, 6.07) is 11.7.